The zero-order chi connectivity index (χ0) is 20.1. The van der Waals surface area contributed by atoms with Gasteiger partial charge in [-0.1, -0.05) is 11.3 Å². The van der Waals surface area contributed by atoms with Crippen LogP contribution >= 0.6 is 11.3 Å². The van der Waals surface area contributed by atoms with Gasteiger partial charge in [0.05, 0.1) is 34.0 Å². The smallest absolute Gasteiger partial charge is 0.294 e. The molecule has 0 amide bonds. The lowest BCUT2D eigenvalue weighted by molar-refractivity contribution is -0.392. The van der Waals surface area contributed by atoms with Crippen molar-refractivity contribution in [3.63, 3.8) is 0 Å². The van der Waals surface area contributed by atoms with Crippen molar-refractivity contribution in [3.05, 3.63) is 42.7 Å². The van der Waals surface area contributed by atoms with Gasteiger partial charge in [0, 0.05) is 32.0 Å². The van der Waals surface area contributed by atoms with Crippen molar-refractivity contribution in [3.8, 4) is 0 Å². The molecule has 0 radical (unpaired) electrons. The van der Waals surface area contributed by atoms with Gasteiger partial charge in [0.25, 0.3) is 16.9 Å². The number of nitro groups is 2. The molecule has 11 nitrogen and oxygen atoms in total. The van der Waals surface area contributed by atoms with E-state index in [2.05, 4.69) is 4.98 Å². The third-order valence-corrected chi connectivity index (χ3v) is 6.04. The number of rotatable bonds is 3. The molecule has 2 fully saturated rings. The molecular formula is C16H16N4O7S. The fraction of sp³-hybridized carbons (Fsp3) is 0.500. The predicted molar refractivity (Wildman–Crippen MR) is 99.9 cm³/mol. The van der Waals surface area contributed by atoms with E-state index >= 15 is 0 Å². The average Bonchev–Trinajstić information content (AvgIpc) is 3.01. The van der Waals surface area contributed by atoms with Gasteiger partial charge in [0.1, 0.15) is 4.70 Å². The maximum atomic E-state index is 12.5. The normalized spacial score (nSPS) is 21.3. The zero-order valence-electron chi connectivity index (χ0n) is 14.8. The number of hydrogen-bond donors (Lipinski definition) is 0. The molecule has 2 saturated heterocycles. The Bertz CT molecular complexity index is 1030. The van der Waals surface area contributed by atoms with Crippen molar-refractivity contribution in [2.24, 2.45) is 0 Å². The van der Waals surface area contributed by atoms with Crippen LogP contribution in [0.15, 0.2) is 16.9 Å². The van der Waals surface area contributed by atoms with Crippen molar-refractivity contribution in [1.82, 2.24) is 4.98 Å². The molecule has 0 bridgehead atoms. The number of piperidine rings is 1. The van der Waals surface area contributed by atoms with Crippen molar-refractivity contribution < 1.29 is 19.3 Å². The molecule has 1 atom stereocenters. The summed E-state index contributed by atoms with van der Waals surface area (Å²) in [5.74, 6) is -0.621. The summed E-state index contributed by atoms with van der Waals surface area (Å²) in [5.41, 5.74) is -1.71. The molecule has 28 heavy (non-hydrogen) atoms. The van der Waals surface area contributed by atoms with E-state index in [1.54, 1.807) is 0 Å². The number of non-ortho nitro benzene ring substituents is 2. The first kappa shape index (κ1) is 18.7. The highest BCUT2D eigenvalue weighted by molar-refractivity contribution is 7.22. The van der Waals surface area contributed by atoms with Crippen LogP contribution in [0, 0.1) is 20.2 Å². The Labute approximate surface area is 161 Å². The Hall–Kier alpha value is -2.70. The number of nitrogens with zero attached hydrogens (tertiary/aromatic N) is 4. The maximum Gasteiger partial charge on any atom is 0.294 e. The molecule has 0 N–H and O–H groups in total. The standard InChI is InChI=1S/C16H16N4O7S/c1-9-8-26-16(27-9)2-4-18(5-3-16)15-17-14(21)11-6-10(19(22)23)7-12(20(24)25)13(11)28-15/h6-7,9H,2-5,8H2,1H3. The van der Waals surface area contributed by atoms with Crippen LogP contribution in [0.2, 0.25) is 0 Å². The van der Waals surface area contributed by atoms with Gasteiger partial charge in [-0.25, -0.2) is 0 Å². The lowest BCUT2D eigenvalue weighted by atomic mass is 10.0. The van der Waals surface area contributed by atoms with Gasteiger partial charge in [-0.2, -0.15) is 4.98 Å². The number of nitro benzene ring substituents is 2. The van der Waals surface area contributed by atoms with E-state index < -0.39 is 32.6 Å². The second-order valence-corrected chi connectivity index (χ2v) is 7.77. The van der Waals surface area contributed by atoms with E-state index in [1.807, 2.05) is 11.8 Å². The Morgan fingerprint density at radius 1 is 1.25 bits per heavy atom. The van der Waals surface area contributed by atoms with Crippen molar-refractivity contribution in [2.75, 3.05) is 24.6 Å². The van der Waals surface area contributed by atoms with Gasteiger partial charge < -0.3 is 14.4 Å². The van der Waals surface area contributed by atoms with Gasteiger partial charge >= 0.3 is 0 Å². The molecule has 1 aromatic heterocycles. The summed E-state index contributed by atoms with van der Waals surface area (Å²) in [5, 5.41) is 22.7. The molecule has 148 valence electrons. The van der Waals surface area contributed by atoms with Crippen LogP contribution in [-0.2, 0) is 9.47 Å². The quantitative estimate of drug-likeness (QED) is 0.552. The third kappa shape index (κ3) is 3.19. The van der Waals surface area contributed by atoms with Crippen molar-refractivity contribution >= 4 is 37.9 Å². The highest BCUT2D eigenvalue weighted by Crippen LogP contribution is 2.38. The van der Waals surface area contributed by atoms with Gasteiger partial charge in [0.15, 0.2) is 10.9 Å². The third-order valence-electron chi connectivity index (χ3n) is 4.88. The Balaban J connectivity index is 1.71. The second-order valence-electron chi connectivity index (χ2n) is 6.79. The number of anilines is 1. The Morgan fingerprint density at radius 2 is 1.96 bits per heavy atom. The predicted octanol–water partition coefficient (Wildman–Crippen LogP) is 2.20. The van der Waals surface area contributed by atoms with Crippen LogP contribution in [0.25, 0.3) is 10.1 Å². The molecular weight excluding hydrogens is 392 g/mol. The summed E-state index contributed by atoms with van der Waals surface area (Å²) in [4.78, 5) is 39.3. The van der Waals surface area contributed by atoms with Crippen molar-refractivity contribution in [1.29, 1.82) is 0 Å². The minimum atomic E-state index is -0.767. The number of benzene rings is 1. The van der Waals surface area contributed by atoms with E-state index in [-0.39, 0.29) is 16.2 Å². The van der Waals surface area contributed by atoms with E-state index in [1.165, 1.54) is 0 Å². The molecule has 1 aromatic carbocycles. The second kappa shape index (κ2) is 6.72. The lowest BCUT2D eigenvalue weighted by Gasteiger charge is -2.37. The van der Waals surface area contributed by atoms with Gasteiger partial charge in [-0.15, -0.1) is 0 Å². The highest BCUT2D eigenvalue weighted by Gasteiger charge is 2.43. The molecule has 2 aliphatic rings. The first-order valence-electron chi connectivity index (χ1n) is 8.62. The summed E-state index contributed by atoms with van der Waals surface area (Å²) in [6, 6.07) is 1.90. The average molecular weight is 408 g/mol. The Morgan fingerprint density at radius 3 is 2.54 bits per heavy atom. The fourth-order valence-electron chi connectivity index (χ4n) is 3.51. The van der Waals surface area contributed by atoms with Crippen molar-refractivity contribution in [2.45, 2.75) is 31.7 Å². The summed E-state index contributed by atoms with van der Waals surface area (Å²) < 4.78 is 11.7. The fourth-order valence-corrected chi connectivity index (χ4v) is 4.62. The van der Waals surface area contributed by atoms with Gasteiger partial charge in [0.2, 0.25) is 0 Å². The van der Waals surface area contributed by atoms with Crippen LogP contribution in [0.1, 0.15) is 19.8 Å². The molecule has 12 heteroatoms. The van der Waals surface area contributed by atoms with Crippen LogP contribution in [0.4, 0.5) is 16.5 Å². The molecule has 2 aliphatic heterocycles. The van der Waals surface area contributed by atoms with Crippen LogP contribution in [0.3, 0.4) is 0 Å². The molecule has 4 rings (SSSR count). The monoisotopic (exact) mass is 408 g/mol. The van der Waals surface area contributed by atoms with Crippen LogP contribution < -0.4 is 10.5 Å². The number of hydrogen-bond acceptors (Lipinski definition) is 10. The molecule has 1 unspecified atom stereocenters. The molecule has 2 aromatic rings. The highest BCUT2D eigenvalue weighted by atomic mass is 32.1. The van der Waals surface area contributed by atoms with Gasteiger partial charge in [-0.05, 0) is 6.92 Å². The minimum Gasteiger partial charge on any atom is -0.348 e. The topological polar surface area (TPSA) is 138 Å². The van der Waals surface area contributed by atoms with E-state index in [0.29, 0.717) is 37.7 Å². The number of ether oxygens (including phenoxy) is 2. The largest absolute Gasteiger partial charge is 0.348 e. The lowest BCUT2D eigenvalue weighted by Crippen LogP contribution is -2.45. The van der Waals surface area contributed by atoms with Crippen LogP contribution in [-0.4, -0.2) is 46.4 Å². The van der Waals surface area contributed by atoms with E-state index in [0.717, 1.165) is 23.5 Å². The summed E-state index contributed by atoms with van der Waals surface area (Å²) in [6.45, 7) is 3.51. The SMILES string of the molecule is CC1COC2(CCN(c3nc(=O)c4cc([N+](=O)[O-])cc([N+](=O)[O-])c4s3)CC2)O1. The van der Waals surface area contributed by atoms with E-state index in [4.69, 9.17) is 9.47 Å². The van der Waals surface area contributed by atoms with E-state index in [9.17, 15) is 25.0 Å². The first-order valence-corrected chi connectivity index (χ1v) is 9.44. The molecule has 0 saturated carbocycles. The zero-order valence-corrected chi connectivity index (χ0v) is 15.6. The summed E-state index contributed by atoms with van der Waals surface area (Å²) in [7, 11) is 0. The van der Waals surface area contributed by atoms with Crippen LogP contribution in [0.5, 0.6) is 0 Å². The first-order chi connectivity index (χ1) is 13.3. The van der Waals surface area contributed by atoms with Gasteiger partial charge in [-0.3, -0.25) is 25.0 Å². The molecule has 0 aliphatic carbocycles. The summed E-state index contributed by atoms with van der Waals surface area (Å²) in [6.07, 6.45) is 1.19. The molecule has 3 heterocycles. The maximum absolute atomic E-state index is 12.5. The Kier molecular flexibility index (Phi) is 4.48. The number of aromatic nitrogens is 1. The number of fused-ring (bicyclic) bond motifs is 1. The summed E-state index contributed by atoms with van der Waals surface area (Å²) >= 11 is 0.983. The minimum absolute atomic E-state index is 0.0276. The molecule has 1 spiro atoms.